The highest BCUT2D eigenvalue weighted by atomic mass is 16.5. The van der Waals surface area contributed by atoms with Gasteiger partial charge in [0.1, 0.15) is 11.3 Å². The minimum absolute atomic E-state index is 0.122. The van der Waals surface area contributed by atoms with Gasteiger partial charge >= 0.3 is 5.97 Å². The molecule has 0 bridgehead atoms. The van der Waals surface area contributed by atoms with Gasteiger partial charge in [0, 0.05) is 17.0 Å². The quantitative estimate of drug-likeness (QED) is 0.547. The molecule has 0 N–H and O–H groups in total. The maximum atomic E-state index is 11.7. The van der Waals surface area contributed by atoms with Gasteiger partial charge in [-0.1, -0.05) is 12.1 Å². The van der Waals surface area contributed by atoms with E-state index in [0.29, 0.717) is 23.4 Å². The van der Waals surface area contributed by atoms with E-state index in [0.717, 1.165) is 10.9 Å². The molecule has 0 saturated heterocycles. The van der Waals surface area contributed by atoms with Crippen LogP contribution in [0.15, 0.2) is 47.1 Å². The highest BCUT2D eigenvalue weighted by Crippen LogP contribution is 2.28. The zero-order valence-corrected chi connectivity index (χ0v) is 12.4. The normalized spacial score (nSPS) is 10.7. The summed E-state index contributed by atoms with van der Waals surface area (Å²) in [4.78, 5) is 27.4. The van der Waals surface area contributed by atoms with Gasteiger partial charge in [-0.05, 0) is 25.1 Å². The average molecular weight is 305 g/mol. The largest absolute Gasteiger partial charge is 0.464 e. The van der Waals surface area contributed by atoms with Gasteiger partial charge in [-0.15, -0.1) is 0 Å². The van der Waals surface area contributed by atoms with Crippen LogP contribution in [0.25, 0.3) is 22.2 Å². The van der Waals surface area contributed by atoms with Gasteiger partial charge in [0.15, 0.2) is 7.85 Å². The van der Waals surface area contributed by atoms with Crippen molar-refractivity contribution >= 4 is 30.5 Å². The summed E-state index contributed by atoms with van der Waals surface area (Å²) in [6.45, 7) is 2.07. The molecule has 0 aliphatic carbocycles. The standard InChI is InChI=1S/C17H12BNO4/c1-2-22-17(21)11-5-3-10(4-6-11)15-12-7-8-23-14(12)9-13(19-15)16(18)20/h3-9H,2H2,1H3. The molecular weight excluding hydrogens is 293 g/mol. The fourth-order valence-electron chi connectivity index (χ4n) is 2.29. The number of nitrogens with zero attached hydrogens (tertiary/aromatic N) is 1. The number of hydrogen-bond acceptors (Lipinski definition) is 5. The van der Waals surface area contributed by atoms with Gasteiger partial charge in [0.2, 0.25) is 0 Å². The Morgan fingerprint density at radius 2 is 1.96 bits per heavy atom. The number of ether oxygens (including phenoxy) is 1. The van der Waals surface area contributed by atoms with E-state index in [1.54, 1.807) is 37.3 Å². The van der Waals surface area contributed by atoms with Crippen molar-refractivity contribution in [3.05, 3.63) is 53.9 Å². The molecule has 112 valence electrons. The Morgan fingerprint density at radius 3 is 2.61 bits per heavy atom. The maximum Gasteiger partial charge on any atom is 0.338 e. The lowest BCUT2D eigenvalue weighted by atomic mass is 9.97. The number of benzene rings is 1. The molecule has 2 radical (unpaired) electrons. The van der Waals surface area contributed by atoms with Crippen molar-refractivity contribution in [3.8, 4) is 11.3 Å². The van der Waals surface area contributed by atoms with E-state index in [1.807, 2.05) is 0 Å². The van der Waals surface area contributed by atoms with Gasteiger partial charge in [0.05, 0.1) is 29.8 Å². The van der Waals surface area contributed by atoms with Gasteiger partial charge in [-0.2, -0.15) is 0 Å². The SMILES string of the molecule is [B]C(=O)c1cc2occc2c(-c2ccc(C(=O)OCC)cc2)n1. The van der Waals surface area contributed by atoms with Crippen LogP contribution < -0.4 is 0 Å². The summed E-state index contributed by atoms with van der Waals surface area (Å²) in [6, 6.07) is 10.1. The van der Waals surface area contributed by atoms with Crippen LogP contribution in [0.1, 0.15) is 27.8 Å². The molecule has 0 spiro atoms. The van der Waals surface area contributed by atoms with Gasteiger partial charge < -0.3 is 13.9 Å². The number of fused-ring (bicyclic) bond motifs is 1. The number of esters is 1. The van der Waals surface area contributed by atoms with Gasteiger partial charge in [0.25, 0.3) is 0 Å². The number of hydrogen-bond donors (Lipinski definition) is 0. The van der Waals surface area contributed by atoms with Gasteiger partial charge in [-0.25, -0.2) is 9.78 Å². The Hall–Kier alpha value is -2.89. The highest BCUT2D eigenvalue weighted by Gasteiger charge is 2.13. The number of carbonyl (C=O) groups is 2. The van der Waals surface area contributed by atoms with E-state index < -0.39 is 5.68 Å². The predicted molar refractivity (Wildman–Crippen MR) is 85.5 cm³/mol. The molecule has 3 rings (SSSR count). The highest BCUT2D eigenvalue weighted by molar-refractivity contribution is 6.62. The zero-order chi connectivity index (χ0) is 16.4. The predicted octanol–water partition coefficient (Wildman–Crippen LogP) is 2.98. The molecule has 0 aliphatic heterocycles. The van der Waals surface area contributed by atoms with E-state index in [2.05, 4.69) is 4.98 Å². The van der Waals surface area contributed by atoms with E-state index in [4.69, 9.17) is 17.0 Å². The summed E-state index contributed by atoms with van der Waals surface area (Å²) in [5, 5.41) is 0.763. The molecule has 0 saturated carbocycles. The Labute approximate surface area is 133 Å². The molecule has 5 nitrogen and oxygen atoms in total. The minimum Gasteiger partial charge on any atom is -0.464 e. The molecule has 1 aromatic carbocycles. The van der Waals surface area contributed by atoms with Crippen LogP contribution in [-0.4, -0.2) is 31.1 Å². The van der Waals surface area contributed by atoms with E-state index in [9.17, 15) is 9.59 Å². The topological polar surface area (TPSA) is 69.4 Å². The van der Waals surface area contributed by atoms with E-state index in [1.165, 1.54) is 12.3 Å². The second-order valence-electron chi connectivity index (χ2n) is 4.85. The first-order chi connectivity index (χ1) is 11.1. The fraction of sp³-hybridized carbons (Fsp3) is 0.118. The summed E-state index contributed by atoms with van der Waals surface area (Å²) < 4.78 is 10.3. The number of furan rings is 1. The Balaban J connectivity index is 2.07. The second kappa shape index (κ2) is 6.08. The maximum absolute atomic E-state index is 11.7. The first-order valence-electron chi connectivity index (χ1n) is 7.05. The first kappa shape index (κ1) is 15.0. The first-order valence-corrected chi connectivity index (χ1v) is 7.05. The molecule has 0 fully saturated rings. The lowest BCUT2D eigenvalue weighted by molar-refractivity contribution is 0.0526. The van der Waals surface area contributed by atoms with Crippen molar-refractivity contribution in [2.45, 2.75) is 6.92 Å². The number of aromatic nitrogens is 1. The second-order valence-corrected chi connectivity index (χ2v) is 4.85. The number of pyridine rings is 1. The summed E-state index contributed by atoms with van der Waals surface area (Å²) in [6.07, 6.45) is 1.52. The van der Waals surface area contributed by atoms with Crippen LogP contribution in [0, 0.1) is 0 Å². The zero-order valence-electron chi connectivity index (χ0n) is 12.4. The van der Waals surface area contributed by atoms with Crippen molar-refractivity contribution in [1.29, 1.82) is 0 Å². The molecule has 23 heavy (non-hydrogen) atoms. The van der Waals surface area contributed by atoms with Crippen LogP contribution in [-0.2, 0) is 4.74 Å². The molecule has 0 atom stereocenters. The van der Waals surface area contributed by atoms with Crippen molar-refractivity contribution in [2.24, 2.45) is 0 Å². The summed E-state index contributed by atoms with van der Waals surface area (Å²) in [5.41, 5.74) is 1.78. The lowest BCUT2D eigenvalue weighted by Crippen LogP contribution is -2.04. The van der Waals surface area contributed by atoms with Crippen molar-refractivity contribution in [1.82, 2.24) is 4.98 Å². The van der Waals surface area contributed by atoms with Crippen molar-refractivity contribution in [3.63, 3.8) is 0 Å². The molecular formula is C17H12BNO4. The van der Waals surface area contributed by atoms with Crippen LogP contribution >= 0.6 is 0 Å². The summed E-state index contributed by atoms with van der Waals surface area (Å²) >= 11 is 0. The summed E-state index contributed by atoms with van der Waals surface area (Å²) in [7, 11) is 5.31. The third-order valence-electron chi connectivity index (χ3n) is 3.37. The third kappa shape index (κ3) is 2.88. The molecule has 2 aromatic heterocycles. The Morgan fingerprint density at radius 1 is 1.22 bits per heavy atom. The Bertz CT molecular complexity index is 883. The molecule has 0 aliphatic rings. The van der Waals surface area contributed by atoms with Crippen LogP contribution in [0.4, 0.5) is 0 Å². The van der Waals surface area contributed by atoms with E-state index >= 15 is 0 Å². The number of rotatable bonds is 4. The molecule has 0 unspecified atom stereocenters. The lowest BCUT2D eigenvalue weighted by Gasteiger charge is -2.06. The third-order valence-corrected chi connectivity index (χ3v) is 3.37. The molecule has 6 heteroatoms. The average Bonchev–Trinajstić information content (AvgIpc) is 3.02. The monoisotopic (exact) mass is 305 g/mol. The van der Waals surface area contributed by atoms with Gasteiger partial charge in [-0.3, -0.25) is 0 Å². The minimum atomic E-state index is -0.632. The molecule has 0 amide bonds. The number of carbonyl (C=O) groups excluding carboxylic acids is 2. The van der Waals surface area contributed by atoms with Crippen LogP contribution in [0.5, 0.6) is 0 Å². The molecule has 2 heterocycles. The fourth-order valence-corrected chi connectivity index (χ4v) is 2.29. The van der Waals surface area contributed by atoms with Crippen LogP contribution in [0.2, 0.25) is 0 Å². The van der Waals surface area contributed by atoms with Crippen molar-refractivity contribution in [2.75, 3.05) is 6.61 Å². The van der Waals surface area contributed by atoms with E-state index in [-0.39, 0.29) is 11.7 Å². The van der Waals surface area contributed by atoms with Crippen LogP contribution in [0.3, 0.4) is 0 Å². The summed E-state index contributed by atoms with van der Waals surface area (Å²) in [5.74, 6) is -0.383. The Kier molecular flexibility index (Phi) is 3.97. The molecule has 3 aromatic rings. The smallest absolute Gasteiger partial charge is 0.338 e. The van der Waals surface area contributed by atoms with Crippen molar-refractivity contribution < 1.29 is 18.7 Å².